The van der Waals surface area contributed by atoms with Crippen LogP contribution in [-0.4, -0.2) is 41.0 Å². The molecule has 2 rings (SSSR count). The van der Waals surface area contributed by atoms with Crippen LogP contribution in [0.5, 0.6) is 0 Å². The highest BCUT2D eigenvalue weighted by atomic mass is 16.5. The van der Waals surface area contributed by atoms with Gasteiger partial charge >= 0.3 is 0 Å². The number of amides is 2. The van der Waals surface area contributed by atoms with Crippen molar-refractivity contribution in [2.45, 2.75) is 57.3 Å². The van der Waals surface area contributed by atoms with Crippen molar-refractivity contribution in [3.05, 3.63) is 0 Å². The van der Waals surface area contributed by atoms with E-state index in [1.54, 1.807) is 0 Å². The number of nitrogens with zero attached hydrogens (tertiary/aromatic N) is 1. The Kier molecular flexibility index (Phi) is 3.23. The number of carbonyl (C=O) groups excluding carboxylic acids is 2. The van der Waals surface area contributed by atoms with Crippen LogP contribution in [0, 0.1) is 0 Å². The predicted molar refractivity (Wildman–Crippen MR) is 62.1 cm³/mol. The fourth-order valence-electron chi connectivity index (χ4n) is 2.46. The molecule has 0 radical (unpaired) electrons. The van der Waals surface area contributed by atoms with Gasteiger partial charge < -0.3 is 10.5 Å². The average Bonchev–Trinajstić information content (AvgIpc) is 2.59. The molecule has 2 heterocycles. The first-order chi connectivity index (χ1) is 7.89. The van der Waals surface area contributed by atoms with Crippen molar-refractivity contribution in [2.24, 2.45) is 5.73 Å². The lowest BCUT2D eigenvalue weighted by atomic mass is 10.0. The second kappa shape index (κ2) is 4.38. The summed E-state index contributed by atoms with van der Waals surface area (Å²) in [4.78, 5) is 24.8. The highest BCUT2D eigenvalue weighted by Gasteiger charge is 2.38. The molecule has 2 fully saturated rings. The van der Waals surface area contributed by atoms with E-state index < -0.39 is 6.04 Å². The molecule has 2 amide bonds. The molecule has 17 heavy (non-hydrogen) atoms. The minimum atomic E-state index is -0.526. The molecule has 0 bridgehead atoms. The first kappa shape index (κ1) is 12.5. The Hall–Kier alpha value is -0.940. The number of piperidine rings is 1. The molecular weight excluding hydrogens is 220 g/mol. The third kappa shape index (κ3) is 2.66. The van der Waals surface area contributed by atoms with Gasteiger partial charge in [-0.05, 0) is 33.1 Å². The first-order valence-corrected chi connectivity index (χ1v) is 6.17. The van der Waals surface area contributed by atoms with E-state index in [0.717, 1.165) is 12.8 Å². The molecule has 0 aromatic carbocycles. The van der Waals surface area contributed by atoms with E-state index in [1.165, 1.54) is 4.90 Å². The molecule has 0 aromatic rings. The quantitative estimate of drug-likeness (QED) is 0.710. The van der Waals surface area contributed by atoms with Crippen LogP contribution in [0.4, 0.5) is 0 Å². The zero-order valence-electron chi connectivity index (χ0n) is 10.4. The van der Waals surface area contributed by atoms with Gasteiger partial charge in [0.15, 0.2) is 0 Å². The second-order valence-corrected chi connectivity index (χ2v) is 5.53. The summed E-state index contributed by atoms with van der Waals surface area (Å²) < 4.78 is 5.80. The van der Waals surface area contributed by atoms with Gasteiger partial charge in [-0.1, -0.05) is 0 Å². The van der Waals surface area contributed by atoms with Gasteiger partial charge in [0.1, 0.15) is 0 Å². The summed E-state index contributed by atoms with van der Waals surface area (Å²) in [5.74, 6) is -0.375. The Labute approximate surface area is 101 Å². The summed E-state index contributed by atoms with van der Waals surface area (Å²) in [5, 5.41) is 0. The first-order valence-electron chi connectivity index (χ1n) is 6.17. The topological polar surface area (TPSA) is 72.6 Å². The standard InChI is InChI=1S/C12H20N2O3/c1-12(2)6-5-8(17-12)7-14-10(15)4-3-9(13)11(14)16/h8-9H,3-7,13H2,1-2H3. The third-order valence-electron chi connectivity index (χ3n) is 3.49. The van der Waals surface area contributed by atoms with Gasteiger partial charge in [-0.15, -0.1) is 0 Å². The summed E-state index contributed by atoms with van der Waals surface area (Å²) in [6, 6.07) is -0.526. The van der Waals surface area contributed by atoms with Crippen molar-refractivity contribution in [3.63, 3.8) is 0 Å². The van der Waals surface area contributed by atoms with Crippen molar-refractivity contribution >= 4 is 11.8 Å². The van der Waals surface area contributed by atoms with Crippen LogP contribution in [0.1, 0.15) is 39.5 Å². The molecule has 2 unspecified atom stereocenters. The number of nitrogens with two attached hydrogens (primary N) is 1. The van der Waals surface area contributed by atoms with Crippen molar-refractivity contribution < 1.29 is 14.3 Å². The Morgan fingerprint density at radius 1 is 1.41 bits per heavy atom. The Bertz CT molecular complexity index is 341. The number of likely N-dealkylation sites (tertiary alicyclic amines) is 1. The highest BCUT2D eigenvalue weighted by Crippen LogP contribution is 2.30. The van der Waals surface area contributed by atoms with Crippen LogP contribution >= 0.6 is 0 Å². The molecule has 2 aliphatic rings. The van der Waals surface area contributed by atoms with Crippen molar-refractivity contribution in [1.82, 2.24) is 4.90 Å². The maximum absolute atomic E-state index is 11.8. The number of hydrogen-bond donors (Lipinski definition) is 1. The minimum Gasteiger partial charge on any atom is -0.370 e. The largest absolute Gasteiger partial charge is 0.370 e. The number of rotatable bonds is 2. The van der Waals surface area contributed by atoms with Crippen molar-refractivity contribution in [1.29, 1.82) is 0 Å². The predicted octanol–water partition coefficient (Wildman–Crippen LogP) is 0.420. The number of imide groups is 1. The number of ether oxygens (including phenoxy) is 1. The number of carbonyl (C=O) groups is 2. The maximum Gasteiger partial charge on any atom is 0.246 e. The van der Waals surface area contributed by atoms with Crippen molar-refractivity contribution in [3.8, 4) is 0 Å². The number of hydrogen-bond acceptors (Lipinski definition) is 4. The van der Waals surface area contributed by atoms with Crippen LogP contribution < -0.4 is 5.73 Å². The minimum absolute atomic E-state index is 0.0387. The van der Waals surface area contributed by atoms with Gasteiger partial charge in [-0.3, -0.25) is 14.5 Å². The van der Waals surface area contributed by atoms with Gasteiger partial charge in [0.2, 0.25) is 11.8 Å². The van der Waals surface area contributed by atoms with E-state index in [1.807, 2.05) is 13.8 Å². The molecule has 96 valence electrons. The molecule has 5 nitrogen and oxygen atoms in total. The van der Waals surface area contributed by atoms with E-state index in [-0.39, 0.29) is 23.5 Å². The second-order valence-electron chi connectivity index (χ2n) is 5.53. The van der Waals surface area contributed by atoms with Gasteiger partial charge in [0, 0.05) is 6.42 Å². The summed E-state index contributed by atoms with van der Waals surface area (Å²) in [5.41, 5.74) is 5.53. The summed E-state index contributed by atoms with van der Waals surface area (Å²) in [6.45, 7) is 4.41. The van der Waals surface area contributed by atoms with Crippen LogP contribution in [0.3, 0.4) is 0 Å². The van der Waals surface area contributed by atoms with Gasteiger partial charge in [-0.2, -0.15) is 0 Å². The molecule has 2 aliphatic heterocycles. The van der Waals surface area contributed by atoms with Crippen LogP contribution in [-0.2, 0) is 14.3 Å². The summed E-state index contributed by atoms with van der Waals surface area (Å²) in [7, 11) is 0. The molecule has 0 aliphatic carbocycles. The van der Waals surface area contributed by atoms with Crippen LogP contribution in [0.15, 0.2) is 0 Å². The SMILES string of the molecule is CC1(C)CCC(CN2C(=O)CCC(N)C2=O)O1. The fraction of sp³-hybridized carbons (Fsp3) is 0.833. The lowest BCUT2D eigenvalue weighted by Crippen LogP contribution is -2.53. The lowest BCUT2D eigenvalue weighted by Gasteiger charge is -2.31. The average molecular weight is 240 g/mol. The zero-order valence-corrected chi connectivity index (χ0v) is 10.4. The maximum atomic E-state index is 11.8. The molecule has 2 saturated heterocycles. The van der Waals surface area contributed by atoms with Crippen LogP contribution in [0.25, 0.3) is 0 Å². The Morgan fingerprint density at radius 2 is 2.12 bits per heavy atom. The van der Waals surface area contributed by atoms with E-state index in [2.05, 4.69) is 0 Å². The molecular formula is C12H20N2O3. The zero-order chi connectivity index (χ0) is 12.6. The smallest absolute Gasteiger partial charge is 0.246 e. The molecule has 0 saturated carbocycles. The molecule has 2 N–H and O–H groups in total. The van der Waals surface area contributed by atoms with Gasteiger partial charge in [-0.25, -0.2) is 0 Å². The molecule has 5 heteroatoms. The van der Waals surface area contributed by atoms with Crippen LogP contribution in [0.2, 0.25) is 0 Å². The van der Waals surface area contributed by atoms with E-state index >= 15 is 0 Å². The monoisotopic (exact) mass is 240 g/mol. The highest BCUT2D eigenvalue weighted by molar-refractivity contribution is 6.00. The third-order valence-corrected chi connectivity index (χ3v) is 3.49. The van der Waals surface area contributed by atoms with Gasteiger partial charge in [0.25, 0.3) is 0 Å². The Morgan fingerprint density at radius 3 is 2.71 bits per heavy atom. The molecule has 2 atom stereocenters. The van der Waals surface area contributed by atoms with Gasteiger partial charge in [0.05, 0.1) is 24.3 Å². The summed E-state index contributed by atoms with van der Waals surface area (Å²) in [6.07, 6.45) is 2.64. The Balaban J connectivity index is 1.98. The van der Waals surface area contributed by atoms with E-state index in [0.29, 0.717) is 19.4 Å². The fourth-order valence-corrected chi connectivity index (χ4v) is 2.46. The van der Waals surface area contributed by atoms with Crippen molar-refractivity contribution in [2.75, 3.05) is 6.54 Å². The summed E-state index contributed by atoms with van der Waals surface area (Å²) >= 11 is 0. The normalized spacial score (nSPS) is 33.2. The lowest BCUT2D eigenvalue weighted by molar-refractivity contribution is -0.152. The van der Waals surface area contributed by atoms with E-state index in [9.17, 15) is 9.59 Å². The molecule has 0 spiro atoms. The van der Waals surface area contributed by atoms with E-state index in [4.69, 9.17) is 10.5 Å². The molecule has 0 aromatic heterocycles.